The lowest BCUT2D eigenvalue weighted by Gasteiger charge is -2.33. The summed E-state index contributed by atoms with van der Waals surface area (Å²) in [6, 6.07) is 18.0. The molecule has 2 nitrogen and oxygen atoms in total. The molecular formula is C28H46O2. The normalized spacial score (nSPS) is 11.0. The second-order valence-corrected chi connectivity index (χ2v) is 8.26. The van der Waals surface area contributed by atoms with E-state index in [-0.39, 0.29) is 11.0 Å². The minimum absolute atomic E-state index is 0.232. The highest BCUT2D eigenvalue weighted by atomic mass is 16.5. The average Bonchev–Trinajstić information content (AvgIpc) is 2.80. The predicted molar refractivity (Wildman–Crippen MR) is 133 cm³/mol. The van der Waals surface area contributed by atoms with E-state index in [1.165, 1.54) is 12.8 Å². The first-order chi connectivity index (χ1) is 14.3. The monoisotopic (exact) mass is 414 g/mol. The third-order valence-corrected chi connectivity index (χ3v) is 5.50. The van der Waals surface area contributed by atoms with Gasteiger partial charge in [0, 0.05) is 0 Å². The van der Waals surface area contributed by atoms with Gasteiger partial charge < -0.3 is 9.47 Å². The van der Waals surface area contributed by atoms with Crippen molar-refractivity contribution in [1.82, 2.24) is 0 Å². The van der Waals surface area contributed by atoms with Gasteiger partial charge in [0.25, 0.3) is 0 Å². The van der Waals surface area contributed by atoms with Crippen molar-refractivity contribution in [2.75, 3.05) is 6.61 Å². The topological polar surface area (TPSA) is 18.5 Å². The molecule has 30 heavy (non-hydrogen) atoms. The molecule has 0 spiro atoms. The van der Waals surface area contributed by atoms with Crippen molar-refractivity contribution in [2.24, 2.45) is 5.41 Å². The maximum Gasteiger partial charge on any atom is 0.127 e. The van der Waals surface area contributed by atoms with Crippen molar-refractivity contribution in [3.63, 3.8) is 0 Å². The summed E-state index contributed by atoms with van der Waals surface area (Å²) in [4.78, 5) is 0. The lowest BCUT2D eigenvalue weighted by molar-refractivity contribution is -0.0652. The predicted octanol–water partition coefficient (Wildman–Crippen LogP) is 9.39. The molecule has 0 N–H and O–H groups in total. The highest BCUT2D eigenvalue weighted by molar-refractivity contribution is 5.35. The first-order valence-electron chi connectivity index (χ1n) is 11.8. The zero-order valence-electron chi connectivity index (χ0n) is 21.0. The van der Waals surface area contributed by atoms with Gasteiger partial charge >= 0.3 is 0 Å². The van der Waals surface area contributed by atoms with E-state index < -0.39 is 0 Å². The van der Waals surface area contributed by atoms with Crippen molar-refractivity contribution >= 4 is 0 Å². The van der Waals surface area contributed by atoms with Crippen LogP contribution in [0.5, 0.6) is 11.5 Å². The number of ether oxygens (including phenoxy) is 2. The van der Waals surface area contributed by atoms with Crippen LogP contribution in [0, 0.1) is 5.41 Å². The van der Waals surface area contributed by atoms with Crippen LogP contribution in [0.15, 0.2) is 54.6 Å². The Kier molecular flexibility index (Phi) is 14.2. The maximum absolute atomic E-state index is 6.31. The Bertz CT molecular complexity index is 655. The lowest BCUT2D eigenvalue weighted by Crippen LogP contribution is -2.30. The molecule has 2 rings (SSSR count). The molecule has 0 bridgehead atoms. The van der Waals surface area contributed by atoms with E-state index in [9.17, 15) is 0 Å². The zero-order chi connectivity index (χ0) is 23.0. The minimum Gasteiger partial charge on any atom is -0.457 e. The minimum atomic E-state index is -0.346. The van der Waals surface area contributed by atoms with Crippen LogP contribution in [0.1, 0.15) is 93.6 Å². The summed E-state index contributed by atoms with van der Waals surface area (Å²) >= 11 is 0. The zero-order valence-corrected chi connectivity index (χ0v) is 21.0. The molecule has 0 atom stereocenters. The SMILES string of the molecule is CC.CCC(C)(CC)COC(C)(C)c1cccc(Oc2ccccc2)c1.CCCC. The molecule has 0 aliphatic heterocycles. The Hall–Kier alpha value is -1.80. The van der Waals surface area contributed by atoms with Crippen molar-refractivity contribution in [3.05, 3.63) is 60.2 Å². The van der Waals surface area contributed by atoms with Gasteiger partial charge in [0.2, 0.25) is 0 Å². The molecule has 2 aromatic carbocycles. The third kappa shape index (κ3) is 10.3. The maximum atomic E-state index is 6.31. The van der Waals surface area contributed by atoms with Crippen LogP contribution in [0.3, 0.4) is 0 Å². The van der Waals surface area contributed by atoms with Crippen molar-refractivity contribution in [2.45, 2.75) is 93.6 Å². The quantitative estimate of drug-likeness (QED) is 0.407. The molecule has 0 aliphatic carbocycles. The smallest absolute Gasteiger partial charge is 0.127 e. The number of hydrogen-bond acceptors (Lipinski definition) is 2. The molecule has 0 amide bonds. The second-order valence-electron chi connectivity index (χ2n) is 8.26. The van der Waals surface area contributed by atoms with Crippen LogP contribution < -0.4 is 4.74 Å². The lowest BCUT2D eigenvalue weighted by atomic mass is 9.85. The molecular weight excluding hydrogens is 368 g/mol. The summed E-state index contributed by atoms with van der Waals surface area (Å²) in [5, 5.41) is 0. The van der Waals surface area contributed by atoms with E-state index in [0.29, 0.717) is 0 Å². The largest absolute Gasteiger partial charge is 0.457 e. The molecule has 170 valence electrons. The van der Waals surface area contributed by atoms with Crippen LogP contribution in [-0.2, 0) is 10.3 Å². The Labute approximate surface area is 187 Å². The van der Waals surface area contributed by atoms with Gasteiger partial charge in [0.05, 0.1) is 12.2 Å². The van der Waals surface area contributed by atoms with Gasteiger partial charge in [-0.1, -0.05) is 91.6 Å². The van der Waals surface area contributed by atoms with E-state index in [2.05, 4.69) is 60.6 Å². The molecule has 0 unspecified atom stereocenters. The Morgan fingerprint density at radius 2 is 1.23 bits per heavy atom. The van der Waals surface area contributed by atoms with E-state index in [1.54, 1.807) is 0 Å². The fourth-order valence-corrected chi connectivity index (χ4v) is 2.45. The van der Waals surface area contributed by atoms with Gasteiger partial charge in [-0.25, -0.2) is 0 Å². The Morgan fingerprint density at radius 1 is 0.700 bits per heavy atom. The third-order valence-electron chi connectivity index (χ3n) is 5.50. The van der Waals surface area contributed by atoms with Crippen LogP contribution in [0.2, 0.25) is 0 Å². The van der Waals surface area contributed by atoms with Crippen LogP contribution in [0.25, 0.3) is 0 Å². The second kappa shape index (κ2) is 15.1. The van der Waals surface area contributed by atoms with E-state index in [1.807, 2.05) is 56.3 Å². The standard InChI is InChI=1S/C22H30O2.C4H10.C2H6/c1-6-22(5,7-2)17-23-21(3,4)18-12-11-15-20(16-18)24-19-13-9-8-10-14-19;1-3-4-2;1-2/h8-16H,6-7,17H2,1-5H3;3-4H2,1-2H3;1-2H3. The molecule has 2 aromatic rings. The number of rotatable bonds is 9. The van der Waals surface area contributed by atoms with E-state index >= 15 is 0 Å². The van der Waals surface area contributed by atoms with Crippen LogP contribution >= 0.6 is 0 Å². The summed E-state index contributed by atoms with van der Waals surface area (Å²) in [6.45, 7) is 20.1. The Balaban J connectivity index is 0.00000125. The van der Waals surface area contributed by atoms with Crippen LogP contribution in [0.4, 0.5) is 0 Å². The molecule has 2 heteroatoms. The molecule has 0 aromatic heterocycles. The summed E-state index contributed by atoms with van der Waals surface area (Å²) in [5.74, 6) is 1.68. The molecule has 0 fully saturated rings. The average molecular weight is 415 g/mol. The molecule has 0 saturated carbocycles. The highest BCUT2D eigenvalue weighted by Gasteiger charge is 2.27. The van der Waals surface area contributed by atoms with Gasteiger partial charge in [-0.3, -0.25) is 0 Å². The van der Waals surface area contributed by atoms with Gasteiger partial charge in [0.1, 0.15) is 11.5 Å². The summed E-state index contributed by atoms with van der Waals surface area (Å²) < 4.78 is 12.3. The van der Waals surface area contributed by atoms with Crippen LogP contribution in [-0.4, -0.2) is 6.61 Å². The number of unbranched alkanes of at least 4 members (excludes halogenated alkanes) is 1. The van der Waals surface area contributed by atoms with E-state index in [4.69, 9.17) is 9.47 Å². The van der Waals surface area contributed by atoms with Gasteiger partial charge in [-0.05, 0) is 61.9 Å². The fraction of sp³-hybridized carbons (Fsp3) is 0.571. The number of para-hydroxylation sites is 1. The molecule has 0 saturated heterocycles. The highest BCUT2D eigenvalue weighted by Crippen LogP contribution is 2.33. The number of hydrogen-bond donors (Lipinski definition) is 0. The summed E-state index contributed by atoms with van der Waals surface area (Å²) in [6.07, 6.45) is 4.88. The summed E-state index contributed by atoms with van der Waals surface area (Å²) in [7, 11) is 0. The first kappa shape index (κ1) is 28.2. The number of benzene rings is 2. The first-order valence-corrected chi connectivity index (χ1v) is 11.8. The van der Waals surface area contributed by atoms with Crippen molar-refractivity contribution in [1.29, 1.82) is 0 Å². The fourth-order valence-electron chi connectivity index (χ4n) is 2.45. The van der Waals surface area contributed by atoms with Crippen molar-refractivity contribution in [3.8, 4) is 11.5 Å². The van der Waals surface area contributed by atoms with Crippen molar-refractivity contribution < 1.29 is 9.47 Å². The molecule has 0 heterocycles. The summed E-state index contributed by atoms with van der Waals surface area (Å²) in [5.41, 5.74) is 1.02. The molecule has 0 aliphatic rings. The molecule has 0 radical (unpaired) electrons. The van der Waals surface area contributed by atoms with Gasteiger partial charge in [0.15, 0.2) is 0 Å². The van der Waals surface area contributed by atoms with Gasteiger partial charge in [-0.15, -0.1) is 0 Å². The Morgan fingerprint density at radius 3 is 1.73 bits per heavy atom. The van der Waals surface area contributed by atoms with Gasteiger partial charge in [-0.2, -0.15) is 0 Å². The van der Waals surface area contributed by atoms with E-state index in [0.717, 1.165) is 36.5 Å².